The van der Waals surface area contributed by atoms with Crippen molar-refractivity contribution < 1.29 is 12.8 Å². The van der Waals surface area contributed by atoms with Crippen LogP contribution in [0.15, 0.2) is 47.6 Å². The predicted octanol–water partition coefficient (Wildman–Crippen LogP) is 3.30. The fraction of sp³-hybridized carbons (Fsp3) is 0.188. The molecule has 0 radical (unpaired) electrons. The molecule has 0 bridgehead atoms. The fourth-order valence-corrected chi connectivity index (χ4v) is 3.73. The maximum Gasteiger partial charge on any atom is 0.264 e. The van der Waals surface area contributed by atoms with Crippen LogP contribution in [0.3, 0.4) is 0 Å². The van der Waals surface area contributed by atoms with Gasteiger partial charge in [-0.25, -0.2) is 17.8 Å². The quantitative estimate of drug-likeness (QED) is 0.797. The lowest BCUT2D eigenvalue weighted by Gasteiger charge is -2.08. The summed E-state index contributed by atoms with van der Waals surface area (Å²) in [6, 6.07) is 7.72. The van der Waals surface area contributed by atoms with Crippen LogP contribution in [0.5, 0.6) is 0 Å². The van der Waals surface area contributed by atoms with Gasteiger partial charge in [-0.2, -0.15) is 0 Å². The Bertz CT molecular complexity index is 980. The molecule has 0 saturated heterocycles. The molecule has 2 aromatic heterocycles. The number of halogens is 1. The SMILES string of the molecule is CCn1cc(S(=O)(=O)Nc2ccc(C)cc2F)c2cccnc21. The van der Waals surface area contributed by atoms with Crippen molar-refractivity contribution in [1.29, 1.82) is 0 Å². The van der Waals surface area contributed by atoms with E-state index in [1.165, 1.54) is 18.3 Å². The lowest BCUT2D eigenvalue weighted by atomic mass is 10.2. The predicted molar refractivity (Wildman–Crippen MR) is 87.4 cm³/mol. The van der Waals surface area contributed by atoms with E-state index in [0.29, 0.717) is 17.6 Å². The van der Waals surface area contributed by atoms with Crippen LogP contribution in [-0.4, -0.2) is 18.0 Å². The first-order valence-corrected chi connectivity index (χ1v) is 8.63. The van der Waals surface area contributed by atoms with E-state index in [-0.39, 0.29) is 10.6 Å². The Labute approximate surface area is 133 Å². The Balaban J connectivity index is 2.10. The van der Waals surface area contributed by atoms with Gasteiger partial charge in [0.2, 0.25) is 0 Å². The lowest BCUT2D eigenvalue weighted by Crippen LogP contribution is -2.13. The second kappa shape index (κ2) is 5.66. The largest absolute Gasteiger partial charge is 0.331 e. The van der Waals surface area contributed by atoms with Crippen LogP contribution in [0, 0.1) is 12.7 Å². The third kappa shape index (κ3) is 2.79. The topological polar surface area (TPSA) is 64.0 Å². The summed E-state index contributed by atoms with van der Waals surface area (Å²) in [4.78, 5) is 4.30. The first-order valence-electron chi connectivity index (χ1n) is 7.15. The molecule has 120 valence electrons. The number of aryl methyl sites for hydroxylation is 2. The Morgan fingerprint density at radius 1 is 1.30 bits per heavy atom. The van der Waals surface area contributed by atoms with Crippen LogP contribution in [-0.2, 0) is 16.6 Å². The molecule has 3 rings (SSSR count). The second-order valence-corrected chi connectivity index (χ2v) is 6.89. The molecule has 0 aliphatic heterocycles. The van der Waals surface area contributed by atoms with E-state index in [4.69, 9.17) is 0 Å². The maximum absolute atomic E-state index is 13.9. The Hall–Kier alpha value is -2.41. The van der Waals surface area contributed by atoms with Crippen LogP contribution >= 0.6 is 0 Å². The molecule has 1 aromatic carbocycles. The number of pyridine rings is 1. The van der Waals surface area contributed by atoms with Crippen LogP contribution in [0.1, 0.15) is 12.5 Å². The van der Waals surface area contributed by atoms with Gasteiger partial charge in [0.1, 0.15) is 16.4 Å². The van der Waals surface area contributed by atoms with Gasteiger partial charge < -0.3 is 4.57 Å². The highest BCUT2D eigenvalue weighted by atomic mass is 32.2. The van der Waals surface area contributed by atoms with Gasteiger partial charge in [-0.05, 0) is 43.7 Å². The molecule has 0 saturated carbocycles. The number of benzene rings is 1. The molecule has 7 heteroatoms. The van der Waals surface area contributed by atoms with Crippen molar-refractivity contribution in [2.24, 2.45) is 0 Å². The summed E-state index contributed by atoms with van der Waals surface area (Å²) in [7, 11) is -3.92. The molecule has 0 unspecified atom stereocenters. The Morgan fingerprint density at radius 2 is 2.09 bits per heavy atom. The van der Waals surface area contributed by atoms with Crippen LogP contribution in [0.4, 0.5) is 10.1 Å². The van der Waals surface area contributed by atoms with Gasteiger partial charge in [0, 0.05) is 24.3 Å². The van der Waals surface area contributed by atoms with E-state index in [9.17, 15) is 12.8 Å². The molecule has 0 fully saturated rings. The molecular formula is C16H16FN3O2S. The Morgan fingerprint density at radius 3 is 2.78 bits per heavy atom. The average Bonchev–Trinajstić information content (AvgIpc) is 2.90. The normalized spacial score (nSPS) is 11.8. The van der Waals surface area contributed by atoms with Gasteiger partial charge in [-0.1, -0.05) is 6.07 Å². The minimum Gasteiger partial charge on any atom is -0.331 e. The third-order valence-corrected chi connectivity index (χ3v) is 4.99. The zero-order chi connectivity index (χ0) is 16.6. The van der Waals surface area contributed by atoms with Gasteiger partial charge in [0.25, 0.3) is 10.0 Å². The second-order valence-electron chi connectivity index (χ2n) is 5.24. The molecule has 23 heavy (non-hydrogen) atoms. The number of rotatable bonds is 4. The van der Waals surface area contributed by atoms with E-state index in [1.807, 2.05) is 6.92 Å². The van der Waals surface area contributed by atoms with Gasteiger partial charge in [0.05, 0.1) is 5.69 Å². The van der Waals surface area contributed by atoms with Gasteiger partial charge >= 0.3 is 0 Å². The highest BCUT2D eigenvalue weighted by molar-refractivity contribution is 7.93. The van der Waals surface area contributed by atoms with Crippen LogP contribution in [0.2, 0.25) is 0 Å². The van der Waals surface area contributed by atoms with Gasteiger partial charge in [-0.15, -0.1) is 0 Å². The van der Waals surface area contributed by atoms with Crippen molar-refractivity contribution in [1.82, 2.24) is 9.55 Å². The van der Waals surface area contributed by atoms with Crippen molar-refractivity contribution in [3.63, 3.8) is 0 Å². The zero-order valence-electron chi connectivity index (χ0n) is 12.7. The summed E-state index contributed by atoms with van der Waals surface area (Å²) in [6.07, 6.45) is 3.13. The van der Waals surface area contributed by atoms with Crippen molar-refractivity contribution in [3.8, 4) is 0 Å². The minimum atomic E-state index is -3.92. The molecule has 0 aliphatic rings. The van der Waals surface area contributed by atoms with Crippen molar-refractivity contribution in [2.75, 3.05) is 4.72 Å². The molecule has 0 atom stereocenters. The smallest absolute Gasteiger partial charge is 0.264 e. The number of nitrogens with zero attached hydrogens (tertiary/aromatic N) is 2. The summed E-state index contributed by atoms with van der Waals surface area (Å²) in [6.45, 7) is 4.22. The van der Waals surface area contributed by atoms with Crippen molar-refractivity contribution in [3.05, 3.63) is 54.1 Å². The van der Waals surface area contributed by atoms with Crippen LogP contribution < -0.4 is 4.72 Å². The number of hydrogen-bond donors (Lipinski definition) is 1. The minimum absolute atomic E-state index is 0.0723. The molecule has 3 aromatic rings. The van der Waals surface area contributed by atoms with Gasteiger partial charge in [-0.3, -0.25) is 4.72 Å². The first-order chi connectivity index (χ1) is 10.9. The number of aromatic nitrogens is 2. The zero-order valence-corrected chi connectivity index (χ0v) is 13.6. The van der Waals surface area contributed by atoms with Crippen molar-refractivity contribution in [2.45, 2.75) is 25.3 Å². The molecule has 0 aliphatic carbocycles. The van der Waals surface area contributed by atoms with E-state index in [2.05, 4.69) is 9.71 Å². The molecular weight excluding hydrogens is 317 g/mol. The van der Waals surface area contributed by atoms with E-state index in [1.54, 1.807) is 35.9 Å². The summed E-state index contributed by atoms with van der Waals surface area (Å²) < 4.78 is 43.3. The molecule has 5 nitrogen and oxygen atoms in total. The van der Waals surface area contributed by atoms with E-state index >= 15 is 0 Å². The lowest BCUT2D eigenvalue weighted by molar-refractivity contribution is 0.598. The maximum atomic E-state index is 13.9. The third-order valence-electron chi connectivity index (χ3n) is 3.60. The van der Waals surface area contributed by atoms with Crippen molar-refractivity contribution >= 4 is 26.7 Å². The fourth-order valence-electron chi connectivity index (χ4n) is 2.45. The standard InChI is InChI=1S/C16H16FN3O2S/c1-3-20-10-15(12-5-4-8-18-16(12)20)23(21,22)19-14-7-6-11(2)9-13(14)17/h4-10,19H,3H2,1-2H3. The summed E-state index contributed by atoms with van der Waals surface area (Å²) >= 11 is 0. The summed E-state index contributed by atoms with van der Waals surface area (Å²) in [5, 5.41) is 0.509. The monoisotopic (exact) mass is 333 g/mol. The number of anilines is 1. The van der Waals surface area contributed by atoms with E-state index in [0.717, 1.165) is 5.56 Å². The van der Waals surface area contributed by atoms with Gasteiger partial charge in [0.15, 0.2) is 0 Å². The highest BCUT2D eigenvalue weighted by Gasteiger charge is 2.22. The number of fused-ring (bicyclic) bond motifs is 1. The summed E-state index contributed by atoms with van der Waals surface area (Å²) in [5.74, 6) is -0.606. The first kappa shape index (κ1) is 15.5. The van der Waals surface area contributed by atoms with E-state index < -0.39 is 15.8 Å². The molecule has 1 N–H and O–H groups in total. The number of nitrogens with one attached hydrogen (secondary N) is 1. The molecule has 2 heterocycles. The average molecular weight is 333 g/mol. The summed E-state index contributed by atoms with van der Waals surface area (Å²) in [5.41, 5.74) is 1.23. The van der Waals surface area contributed by atoms with Crippen LogP contribution in [0.25, 0.3) is 11.0 Å². The number of hydrogen-bond acceptors (Lipinski definition) is 3. The Kier molecular flexibility index (Phi) is 3.81. The molecule has 0 spiro atoms. The number of sulfonamides is 1. The highest BCUT2D eigenvalue weighted by Crippen LogP contribution is 2.27. The molecule has 0 amide bonds.